The van der Waals surface area contributed by atoms with Gasteiger partial charge >= 0.3 is 5.92 Å². The van der Waals surface area contributed by atoms with Crippen LogP contribution in [0.3, 0.4) is 0 Å². The zero-order valence-corrected chi connectivity index (χ0v) is 19.1. The van der Waals surface area contributed by atoms with Crippen molar-refractivity contribution in [3.63, 3.8) is 0 Å². The Labute approximate surface area is 190 Å². The van der Waals surface area contributed by atoms with E-state index in [4.69, 9.17) is 11.6 Å². The van der Waals surface area contributed by atoms with Gasteiger partial charge in [0.15, 0.2) is 0 Å². The lowest BCUT2D eigenvalue weighted by atomic mass is 9.95. The predicted octanol–water partition coefficient (Wildman–Crippen LogP) is 6.57. The Morgan fingerprint density at radius 1 is 1.12 bits per heavy atom. The molecule has 0 radical (unpaired) electrons. The number of nitrogens with zero attached hydrogens (tertiary/aromatic N) is 2. The Morgan fingerprint density at radius 3 is 2.41 bits per heavy atom. The topological polar surface area (TPSA) is 25.2 Å². The van der Waals surface area contributed by atoms with Crippen molar-refractivity contribution in [2.24, 2.45) is 5.41 Å². The minimum atomic E-state index is -3.45. The van der Waals surface area contributed by atoms with Gasteiger partial charge in [-0.25, -0.2) is 4.39 Å². The molecule has 0 spiro atoms. The van der Waals surface area contributed by atoms with Gasteiger partial charge in [0.2, 0.25) is 0 Å². The lowest BCUT2D eigenvalue weighted by Crippen LogP contribution is -2.37. The highest BCUT2D eigenvalue weighted by atomic mass is 35.5. The average Bonchev–Trinajstić information content (AvgIpc) is 3.08. The molecule has 0 bridgehead atoms. The van der Waals surface area contributed by atoms with Gasteiger partial charge < -0.3 is 9.47 Å². The quantitative estimate of drug-likeness (QED) is 0.434. The Balaban J connectivity index is 1.93. The zero-order chi connectivity index (χ0) is 23.4. The monoisotopic (exact) mass is 460 g/mol. The van der Waals surface area contributed by atoms with Gasteiger partial charge in [0.05, 0.1) is 5.69 Å². The summed E-state index contributed by atoms with van der Waals surface area (Å²) in [6.45, 7) is 6.51. The molecule has 1 amide bonds. The zero-order valence-electron chi connectivity index (χ0n) is 18.3. The van der Waals surface area contributed by atoms with Crippen molar-refractivity contribution in [3.8, 4) is 11.1 Å². The molecule has 2 aromatic carbocycles. The van der Waals surface area contributed by atoms with E-state index in [1.807, 2.05) is 20.8 Å². The minimum Gasteiger partial charge on any atom is -0.340 e. The minimum absolute atomic E-state index is 0.0541. The third-order valence-corrected chi connectivity index (χ3v) is 5.83. The van der Waals surface area contributed by atoms with Crippen molar-refractivity contribution in [3.05, 3.63) is 81.9 Å². The Hall–Kier alpha value is -2.73. The Morgan fingerprint density at radius 2 is 1.78 bits per heavy atom. The van der Waals surface area contributed by atoms with Crippen LogP contribution in [0.4, 0.5) is 13.2 Å². The summed E-state index contributed by atoms with van der Waals surface area (Å²) >= 11 is 6.01. The number of fused-ring (bicyclic) bond motifs is 2. The first kappa shape index (κ1) is 22.5. The molecule has 1 aromatic heterocycles. The number of carbonyl (C=O) groups excluding carboxylic acids is 1. The second-order valence-corrected chi connectivity index (χ2v) is 9.92. The summed E-state index contributed by atoms with van der Waals surface area (Å²) in [5.74, 6) is -4.52. The van der Waals surface area contributed by atoms with E-state index in [0.717, 1.165) is 12.1 Å². The number of hydrogen-bond donors (Lipinski definition) is 0. The van der Waals surface area contributed by atoms with E-state index in [0.29, 0.717) is 22.7 Å². The summed E-state index contributed by atoms with van der Waals surface area (Å²) < 4.78 is 46.2. The molecule has 0 fully saturated rings. The van der Waals surface area contributed by atoms with E-state index in [9.17, 15) is 9.18 Å². The van der Waals surface area contributed by atoms with Gasteiger partial charge in [-0.2, -0.15) is 8.78 Å². The van der Waals surface area contributed by atoms with Gasteiger partial charge in [-0.15, -0.1) is 0 Å². The molecular formula is C25H24ClF3N2O. The number of halogens is 4. The average molecular weight is 461 g/mol. The van der Waals surface area contributed by atoms with Crippen molar-refractivity contribution in [1.82, 2.24) is 9.47 Å². The second kappa shape index (κ2) is 7.69. The second-order valence-electron chi connectivity index (χ2n) is 9.48. The van der Waals surface area contributed by atoms with E-state index in [-0.39, 0.29) is 40.4 Å². The van der Waals surface area contributed by atoms with Gasteiger partial charge in [0.1, 0.15) is 11.5 Å². The molecular weight excluding hydrogens is 437 g/mol. The molecule has 0 N–H and O–H groups in total. The number of amides is 1. The van der Waals surface area contributed by atoms with Crippen LogP contribution < -0.4 is 0 Å². The molecule has 0 unspecified atom stereocenters. The number of alkyl halides is 2. The van der Waals surface area contributed by atoms with Crippen LogP contribution in [0, 0.1) is 11.2 Å². The van der Waals surface area contributed by atoms with Gasteiger partial charge in [0.25, 0.3) is 5.91 Å². The van der Waals surface area contributed by atoms with Gasteiger partial charge in [-0.3, -0.25) is 4.79 Å². The van der Waals surface area contributed by atoms with Crippen LogP contribution >= 0.6 is 11.6 Å². The Bertz CT molecular complexity index is 1190. The first-order valence-electron chi connectivity index (χ1n) is 10.3. The number of carbonyl (C=O) groups is 1. The molecule has 0 atom stereocenters. The number of aromatic nitrogens is 1. The highest BCUT2D eigenvalue weighted by Crippen LogP contribution is 2.45. The number of rotatable bonds is 3. The fourth-order valence-electron chi connectivity index (χ4n) is 4.30. The van der Waals surface area contributed by atoms with Crippen molar-refractivity contribution >= 4 is 17.5 Å². The summed E-state index contributed by atoms with van der Waals surface area (Å²) in [6.07, 6.45) is 0. The van der Waals surface area contributed by atoms with E-state index in [1.165, 1.54) is 16.7 Å². The van der Waals surface area contributed by atoms with Crippen LogP contribution in [0.5, 0.6) is 0 Å². The molecule has 168 valence electrons. The summed E-state index contributed by atoms with van der Waals surface area (Å²) in [5, 5.41) is 0.503. The molecule has 4 rings (SSSR count). The first-order valence-corrected chi connectivity index (χ1v) is 10.7. The van der Waals surface area contributed by atoms with Gasteiger partial charge in [-0.05, 0) is 46.9 Å². The molecule has 32 heavy (non-hydrogen) atoms. The van der Waals surface area contributed by atoms with Crippen molar-refractivity contribution < 1.29 is 18.0 Å². The molecule has 1 aliphatic rings. The predicted molar refractivity (Wildman–Crippen MR) is 120 cm³/mol. The first-order chi connectivity index (χ1) is 14.9. The van der Waals surface area contributed by atoms with Crippen molar-refractivity contribution in [2.75, 3.05) is 13.6 Å². The third-order valence-electron chi connectivity index (χ3n) is 5.57. The van der Waals surface area contributed by atoms with Crippen LogP contribution in [0.25, 0.3) is 11.1 Å². The molecule has 7 heteroatoms. The van der Waals surface area contributed by atoms with Crippen LogP contribution in [-0.4, -0.2) is 29.0 Å². The molecule has 3 aromatic rings. The van der Waals surface area contributed by atoms with E-state index in [2.05, 4.69) is 0 Å². The fourth-order valence-corrected chi connectivity index (χ4v) is 4.43. The van der Waals surface area contributed by atoms with Crippen LogP contribution in [0.2, 0.25) is 5.02 Å². The van der Waals surface area contributed by atoms with E-state index >= 15 is 8.78 Å². The fraction of sp³-hybridized carbons (Fsp3) is 0.320. The molecule has 1 aliphatic heterocycles. The maximum absolute atomic E-state index is 15.5. The lowest BCUT2D eigenvalue weighted by molar-refractivity contribution is 0.0277. The molecule has 0 saturated carbocycles. The van der Waals surface area contributed by atoms with Gasteiger partial charge in [0, 0.05) is 36.3 Å². The SMILES string of the molecule is CN(CC(C)(C)C)C(=O)c1c(-c2ccc(Cl)cc2)cc2n1Cc1ccc(F)cc1C2(F)F. The number of benzene rings is 2. The summed E-state index contributed by atoms with van der Waals surface area (Å²) in [5.41, 5.74) is 0.611. The van der Waals surface area contributed by atoms with Crippen LogP contribution in [0.15, 0.2) is 48.5 Å². The third kappa shape index (κ3) is 3.92. The van der Waals surface area contributed by atoms with Crippen molar-refractivity contribution in [2.45, 2.75) is 33.2 Å². The maximum atomic E-state index is 15.5. The largest absolute Gasteiger partial charge is 0.340 e. The standard InChI is InChI=1S/C25H24ClF3N2O/c1-24(2,3)14-30(4)23(32)22-19(15-5-8-17(26)9-6-15)12-21-25(28,29)20-11-18(27)10-7-16(20)13-31(21)22/h5-12H,13-14H2,1-4H3. The summed E-state index contributed by atoms with van der Waals surface area (Å²) in [4.78, 5) is 15.1. The molecule has 3 nitrogen and oxygen atoms in total. The van der Waals surface area contributed by atoms with E-state index < -0.39 is 11.7 Å². The van der Waals surface area contributed by atoms with Crippen molar-refractivity contribution in [1.29, 1.82) is 0 Å². The van der Waals surface area contributed by atoms with Crippen LogP contribution in [-0.2, 0) is 12.5 Å². The number of hydrogen-bond acceptors (Lipinski definition) is 1. The Kier molecular flexibility index (Phi) is 5.40. The highest BCUT2D eigenvalue weighted by Gasteiger charge is 2.45. The molecule has 0 aliphatic carbocycles. The summed E-state index contributed by atoms with van der Waals surface area (Å²) in [7, 11) is 1.67. The van der Waals surface area contributed by atoms with Gasteiger partial charge in [-0.1, -0.05) is 50.6 Å². The lowest BCUT2D eigenvalue weighted by Gasteiger charge is -2.30. The smallest absolute Gasteiger partial charge is 0.313 e. The summed E-state index contributed by atoms with van der Waals surface area (Å²) in [6, 6.07) is 11.5. The molecule has 2 heterocycles. The maximum Gasteiger partial charge on any atom is 0.313 e. The normalized spacial score (nSPS) is 14.6. The van der Waals surface area contributed by atoms with E-state index in [1.54, 1.807) is 36.2 Å². The molecule has 0 saturated heterocycles. The van der Waals surface area contributed by atoms with Crippen LogP contribution in [0.1, 0.15) is 48.1 Å². The highest BCUT2D eigenvalue weighted by molar-refractivity contribution is 6.30.